The van der Waals surface area contributed by atoms with Gasteiger partial charge < -0.3 is 5.32 Å². The lowest BCUT2D eigenvalue weighted by molar-refractivity contribution is 0.574. The molecule has 0 spiro atoms. The molecule has 0 aliphatic rings. The number of hydrogen-bond acceptors (Lipinski definition) is 3. The van der Waals surface area contributed by atoms with Crippen molar-refractivity contribution < 1.29 is 12.8 Å². The standard InChI is InChI=1S/C12H19FN2O2S.ClH/c1-2-7-14-8-9-15-18(16,17)10-11-3-5-12(13)6-4-11;/h3-6,14-15H,2,7-10H2,1H3;1H. The summed E-state index contributed by atoms with van der Waals surface area (Å²) < 4.78 is 38.5. The fourth-order valence-corrected chi connectivity index (χ4v) is 2.59. The van der Waals surface area contributed by atoms with Crippen LogP contribution >= 0.6 is 12.4 Å². The predicted octanol–water partition coefficient (Wildman–Crippen LogP) is 1.67. The molecule has 7 heteroatoms. The summed E-state index contributed by atoms with van der Waals surface area (Å²) in [6, 6.07) is 5.47. The highest BCUT2D eigenvalue weighted by molar-refractivity contribution is 7.88. The van der Waals surface area contributed by atoms with Crippen molar-refractivity contribution in [3.05, 3.63) is 35.6 Å². The number of nitrogens with one attached hydrogen (secondary N) is 2. The number of hydrogen-bond donors (Lipinski definition) is 2. The molecule has 1 aromatic carbocycles. The molecule has 0 atom stereocenters. The van der Waals surface area contributed by atoms with Crippen molar-refractivity contribution in [2.45, 2.75) is 19.1 Å². The molecule has 0 saturated heterocycles. The predicted molar refractivity (Wildman–Crippen MR) is 77.4 cm³/mol. The summed E-state index contributed by atoms with van der Waals surface area (Å²) in [7, 11) is -3.35. The average molecular weight is 311 g/mol. The molecule has 1 aromatic rings. The molecule has 0 aromatic heterocycles. The average Bonchev–Trinajstić information content (AvgIpc) is 2.31. The van der Waals surface area contributed by atoms with E-state index >= 15 is 0 Å². The zero-order chi connectivity index (χ0) is 13.4. The first-order chi connectivity index (χ1) is 8.53. The van der Waals surface area contributed by atoms with Crippen molar-refractivity contribution in [1.82, 2.24) is 10.0 Å². The first-order valence-electron chi connectivity index (χ1n) is 5.96. The largest absolute Gasteiger partial charge is 0.315 e. The number of halogens is 2. The Balaban J connectivity index is 0.00000324. The van der Waals surface area contributed by atoms with Crippen molar-refractivity contribution in [3.63, 3.8) is 0 Å². The lowest BCUT2D eigenvalue weighted by Crippen LogP contribution is -2.32. The van der Waals surface area contributed by atoms with E-state index in [1.165, 1.54) is 24.3 Å². The number of rotatable bonds is 8. The minimum atomic E-state index is -3.35. The molecule has 0 radical (unpaired) electrons. The summed E-state index contributed by atoms with van der Waals surface area (Å²) in [6.07, 6.45) is 1.02. The van der Waals surface area contributed by atoms with E-state index in [1.54, 1.807) is 0 Å². The van der Waals surface area contributed by atoms with Crippen molar-refractivity contribution in [2.24, 2.45) is 0 Å². The van der Waals surface area contributed by atoms with Crippen LogP contribution in [0.25, 0.3) is 0 Å². The van der Waals surface area contributed by atoms with E-state index in [-0.39, 0.29) is 24.0 Å². The molecule has 0 bridgehead atoms. The number of sulfonamides is 1. The smallest absolute Gasteiger partial charge is 0.215 e. The topological polar surface area (TPSA) is 58.2 Å². The van der Waals surface area contributed by atoms with Crippen LogP contribution in [0.3, 0.4) is 0 Å². The van der Waals surface area contributed by atoms with Crippen molar-refractivity contribution in [2.75, 3.05) is 19.6 Å². The van der Waals surface area contributed by atoms with Crippen LogP contribution < -0.4 is 10.0 Å². The molecule has 0 aliphatic heterocycles. The Morgan fingerprint density at radius 1 is 1.11 bits per heavy atom. The molecular formula is C12H20ClFN2O2S. The molecule has 0 fully saturated rings. The van der Waals surface area contributed by atoms with Gasteiger partial charge in [0.25, 0.3) is 0 Å². The van der Waals surface area contributed by atoms with Crippen LogP contribution in [0.1, 0.15) is 18.9 Å². The Morgan fingerprint density at radius 3 is 2.32 bits per heavy atom. The summed E-state index contributed by atoms with van der Waals surface area (Å²) in [4.78, 5) is 0. The molecule has 0 amide bonds. The molecule has 0 aliphatic carbocycles. The van der Waals surface area contributed by atoms with E-state index in [4.69, 9.17) is 0 Å². The summed E-state index contributed by atoms with van der Waals surface area (Å²) in [5.74, 6) is -0.492. The lowest BCUT2D eigenvalue weighted by Gasteiger charge is -2.07. The van der Waals surface area contributed by atoms with Crippen LogP contribution in [0.4, 0.5) is 4.39 Å². The molecule has 0 saturated carbocycles. The third kappa shape index (κ3) is 8.15. The fraction of sp³-hybridized carbons (Fsp3) is 0.500. The molecule has 19 heavy (non-hydrogen) atoms. The Hall–Kier alpha value is -0.690. The van der Waals surface area contributed by atoms with E-state index in [2.05, 4.69) is 10.0 Å². The molecule has 1 rings (SSSR count). The quantitative estimate of drug-likeness (QED) is 0.718. The Kier molecular flexibility index (Phi) is 8.92. The molecule has 2 N–H and O–H groups in total. The van der Waals surface area contributed by atoms with E-state index < -0.39 is 10.0 Å². The Labute approximate surface area is 120 Å². The number of benzene rings is 1. The molecule has 4 nitrogen and oxygen atoms in total. The van der Waals surface area contributed by atoms with Gasteiger partial charge in [0.2, 0.25) is 10.0 Å². The van der Waals surface area contributed by atoms with Crippen LogP contribution in [0.2, 0.25) is 0 Å². The maximum Gasteiger partial charge on any atom is 0.215 e. The van der Waals surface area contributed by atoms with Crippen LogP contribution in [0.15, 0.2) is 24.3 Å². The van der Waals surface area contributed by atoms with Gasteiger partial charge in [-0.25, -0.2) is 17.5 Å². The SMILES string of the molecule is CCCNCCNS(=O)(=O)Cc1ccc(F)cc1.Cl. The van der Waals surface area contributed by atoms with Crippen molar-refractivity contribution in [3.8, 4) is 0 Å². The van der Waals surface area contributed by atoms with Gasteiger partial charge in [0.15, 0.2) is 0 Å². The van der Waals surface area contributed by atoms with Gasteiger partial charge in [-0.1, -0.05) is 19.1 Å². The molecular weight excluding hydrogens is 291 g/mol. The summed E-state index contributed by atoms with van der Waals surface area (Å²) >= 11 is 0. The summed E-state index contributed by atoms with van der Waals surface area (Å²) in [6.45, 7) is 3.89. The van der Waals surface area contributed by atoms with Crippen LogP contribution in [-0.2, 0) is 15.8 Å². The highest BCUT2D eigenvalue weighted by Gasteiger charge is 2.10. The zero-order valence-electron chi connectivity index (χ0n) is 10.9. The second-order valence-corrected chi connectivity index (χ2v) is 5.84. The van der Waals surface area contributed by atoms with Gasteiger partial charge >= 0.3 is 0 Å². The van der Waals surface area contributed by atoms with E-state index in [1.807, 2.05) is 6.92 Å². The maximum absolute atomic E-state index is 12.7. The summed E-state index contributed by atoms with van der Waals surface area (Å²) in [5.41, 5.74) is 0.574. The second-order valence-electron chi connectivity index (χ2n) is 4.03. The van der Waals surface area contributed by atoms with Crippen LogP contribution in [-0.4, -0.2) is 28.1 Å². The fourth-order valence-electron chi connectivity index (χ4n) is 1.45. The second kappa shape index (κ2) is 9.25. The molecule has 0 unspecified atom stereocenters. The highest BCUT2D eigenvalue weighted by atomic mass is 35.5. The van der Waals surface area contributed by atoms with Gasteiger partial charge in [-0.3, -0.25) is 0 Å². The van der Waals surface area contributed by atoms with Crippen LogP contribution in [0, 0.1) is 5.82 Å². The lowest BCUT2D eigenvalue weighted by atomic mass is 10.2. The van der Waals surface area contributed by atoms with E-state index in [0.29, 0.717) is 18.7 Å². The first-order valence-corrected chi connectivity index (χ1v) is 7.61. The van der Waals surface area contributed by atoms with E-state index in [9.17, 15) is 12.8 Å². The van der Waals surface area contributed by atoms with Gasteiger partial charge in [0.1, 0.15) is 5.82 Å². The normalized spacial score (nSPS) is 11.1. The zero-order valence-corrected chi connectivity index (χ0v) is 12.5. The van der Waals surface area contributed by atoms with Crippen LogP contribution in [0.5, 0.6) is 0 Å². The summed E-state index contributed by atoms with van der Waals surface area (Å²) in [5, 5.41) is 3.10. The van der Waals surface area contributed by atoms with Gasteiger partial charge in [-0.15, -0.1) is 12.4 Å². The maximum atomic E-state index is 12.7. The van der Waals surface area contributed by atoms with Crippen molar-refractivity contribution in [1.29, 1.82) is 0 Å². The van der Waals surface area contributed by atoms with Gasteiger partial charge in [-0.2, -0.15) is 0 Å². The highest BCUT2D eigenvalue weighted by Crippen LogP contribution is 2.06. The Morgan fingerprint density at radius 2 is 1.74 bits per heavy atom. The third-order valence-electron chi connectivity index (χ3n) is 2.32. The van der Waals surface area contributed by atoms with E-state index in [0.717, 1.165) is 13.0 Å². The van der Waals surface area contributed by atoms with Gasteiger partial charge in [0, 0.05) is 13.1 Å². The van der Waals surface area contributed by atoms with Crippen molar-refractivity contribution >= 4 is 22.4 Å². The first kappa shape index (κ1) is 18.3. The Bertz CT molecular complexity index is 451. The van der Waals surface area contributed by atoms with Gasteiger partial charge in [-0.05, 0) is 30.7 Å². The molecule has 0 heterocycles. The molecule has 110 valence electrons. The monoisotopic (exact) mass is 310 g/mol. The third-order valence-corrected chi connectivity index (χ3v) is 3.68. The minimum absolute atomic E-state index is 0. The van der Waals surface area contributed by atoms with Gasteiger partial charge in [0.05, 0.1) is 5.75 Å². The minimum Gasteiger partial charge on any atom is -0.315 e.